The zero-order valence-electron chi connectivity index (χ0n) is 28.0. The van der Waals surface area contributed by atoms with E-state index in [-0.39, 0.29) is 5.82 Å². The van der Waals surface area contributed by atoms with Gasteiger partial charge in [-0.25, -0.2) is 4.39 Å². The van der Waals surface area contributed by atoms with E-state index >= 15 is 0 Å². The number of rotatable bonds is 11. The van der Waals surface area contributed by atoms with Crippen LogP contribution >= 0.6 is 0 Å². The van der Waals surface area contributed by atoms with E-state index in [0.29, 0.717) is 18.3 Å². The summed E-state index contributed by atoms with van der Waals surface area (Å²) in [5, 5.41) is 12.8. The van der Waals surface area contributed by atoms with E-state index in [0.717, 1.165) is 89.7 Å². The lowest BCUT2D eigenvalue weighted by molar-refractivity contribution is 0.237. The summed E-state index contributed by atoms with van der Waals surface area (Å²) in [6.07, 6.45) is 11.1. The number of benzene rings is 3. The normalized spacial score (nSPS) is 18.5. The lowest BCUT2D eigenvalue weighted by Gasteiger charge is -2.20. The zero-order chi connectivity index (χ0) is 32.5. The molecular formula is C41H46FN5O. The number of likely N-dealkylation sites (tertiary alicyclic amines) is 1. The Bertz CT molecular complexity index is 1930. The van der Waals surface area contributed by atoms with Crippen molar-refractivity contribution in [1.82, 2.24) is 25.4 Å². The summed E-state index contributed by atoms with van der Waals surface area (Å²) >= 11 is 0. The van der Waals surface area contributed by atoms with Crippen LogP contribution in [0.2, 0.25) is 0 Å². The molecule has 3 aromatic carbocycles. The molecule has 248 valence electrons. The van der Waals surface area contributed by atoms with Gasteiger partial charge in [-0.3, -0.25) is 10.00 Å². The molecule has 1 atom stereocenters. The van der Waals surface area contributed by atoms with Crippen LogP contribution < -0.4 is 10.1 Å². The SMILES string of the molecule is CC1C=C(c2cc(F)cc(OCCN3CCCC3)c2)c2cc(-c3n[nH]c4ccc(-c5cccc(CNCC6CCCC6)c5)cc34)[nH]c2C1. The van der Waals surface area contributed by atoms with Crippen molar-refractivity contribution in [2.45, 2.75) is 58.4 Å². The number of aromatic amines is 2. The Balaban J connectivity index is 1.04. The summed E-state index contributed by atoms with van der Waals surface area (Å²) in [4.78, 5) is 6.12. The molecule has 7 heteroatoms. The molecule has 3 heterocycles. The number of nitrogens with one attached hydrogen (secondary N) is 3. The summed E-state index contributed by atoms with van der Waals surface area (Å²) < 4.78 is 21.0. The van der Waals surface area contributed by atoms with E-state index in [1.807, 2.05) is 6.07 Å². The summed E-state index contributed by atoms with van der Waals surface area (Å²) in [5.74, 6) is 1.45. The first-order valence-electron chi connectivity index (χ1n) is 17.9. The number of ether oxygens (including phenoxy) is 1. The van der Waals surface area contributed by atoms with Crippen molar-refractivity contribution in [3.05, 3.63) is 101 Å². The average molecular weight is 644 g/mol. The van der Waals surface area contributed by atoms with Gasteiger partial charge < -0.3 is 15.0 Å². The van der Waals surface area contributed by atoms with Crippen LogP contribution in [0.25, 0.3) is 39.0 Å². The Hall–Kier alpha value is -4.20. The minimum absolute atomic E-state index is 0.278. The van der Waals surface area contributed by atoms with Crippen molar-refractivity contribution in [3.8, 4) is 28.3 Å². The van der Waals surface area contributed by atoms with Crippen LogP contribution in [-0.2, 0) is 13.0 Å². The van der Waals surface area contributed by atoms with Crippen molar-refractivity contribution >= 4 is 16.5 Å². The van der Waals surface area contributed by atoms with Crippen molar-refractivity contribution < 1.29 is 9.13 Å². The average Bonchev–Trinajstić information content (AvgIpc) is 3.92. The van der Waals surface area contributed by atoms with E-state index in [1.54, 1.807) is 6.07 Å². The van der Waals surface area contributed by atoms with Gasteiger partial charge >= 0.3 is 0 Å². The van der Waals surface area contributed by atoms with Crippen LogP contribution in [0, 0.1) is 17.7 Å². The maximum atomic E-state index is 15.0. The van der Waals surface area contributed by atoms with E-state index < -0.39 is 0 Å². The predicted molar refractivity (Wildman–Crippen MR) is 192 cm³/mol. The largest absolute Gasteiger partial charge is 0.492 e. The van der Waals surface area contributed by atoms with Gasteiger partial charge in [-0.05, 0) is 128 Å². The number of fused-ring (bicyclic) bond motifs is 2. The second-order valence-corrected chi connectivity index (χ2v) is 14.2. The molecular weight excluding hydrogens is 597 g/mol. The number of H-pyrrole nitrogens is 2. The van der Waals surface area contributed by atoms with Gasteiger partial charge in [0.25, 0.3) is 0 Å². The Morgan fingerprint density at radius 2 is 1.79 bits per heavy atom. The minimum Gasteiger partial charge on any atom is -0.492 e. The topological polar surface area (TPSA) is 69.0 Å². The van der Waals surface area contributed by atoms with Gasteiger partial charge in [0.15, 0.2) is 0 Å². The number of halogens is 1. The second kappa shape index (κ2) is 13.7. The summed E-state index contributed by atoms with van der Waals surface area (Å²) in [7, 11) is 0. The summed E-state index contributed by atoms with van der Waals surface area (Å²) in [5.41, 5.74) is 10.7. The Morgan fingerprint density at radius 3 is 2.67 bits per heavy atom. The molecule has 2 fully saturated rings. The smallest absolute Gasteiger partial charge is 0.127 e. The minimum atomic E-state index is -0.278. The Labute approximate surface area is 282 Å². The van der Waals surface area contributed by atoms with Crippen molar-refractivity contribution in [2.75, 3.05) is 32.8 Å². The van der Waals surface area contributed by atoms with Crippen LogP contribution in [0.5, 0.6) is 5.75 Å². The Kier molecular flexibility index (Phi) is 8.89. The number of hydrogen-bond acceptors (Lipinski definition) is 4. The maximum Gasteiger partial charge on any atom is 0.127 e. The third kappa shape index (κ3) is 6.71. The van der Waals surface area contributed by atoms with Gasteiger partial charge in [0.2, 0.25) is 0 Å². The van der Waals surface area contributed by atoms with Crippen LogP contribution in [0.4, 0.5) is 4.39 Å². The molecule has 2 aromatic heterocycles. The molecule has 0 bridgehead atoms. The molecule has 3 N–H and O–H groups in total. The number of hydrogen-bond donors (Lipinski definition) is 3. The molecule has 0 radical (unpaired) electrons. The third-order valence-corrected chi connectivity index (χ3v) is 10.5. The standard InChI is InChI=1S/C41H46FN5O/c1-27-17-35(32-20-33(42)23-34(21-32)48-16-15-47-13-4-5-14-47)36-24-40(44-39(36)18-27)41-37-22-31(11-12-38(37)45-46-41)30-10-6-9-29(19-30)26-43-25-28-7-2-3-8-28/h6,9-12,17,19-24,27-28,43-44H,2-5,7-8,13-16,18,25-26H2,1H3,(H,45,46). The highest BCUT2D eigenvalue weighted by Gasteiger charge is 2.24. The molecule has 3 aliphatic rings. The van der Waals surface area contributed by atoms with E-state index in [9.17, 15) is 4.39 Å². The van der Waals surface area contributed by atoms with Gasteiger partial charge in [-0.2, -0.15) is 5.10 Å². The first kappa shape index (κ1) is 31.1. The zero-order valence-corrected chi connectivity index (χ0v) is 28.0. The number of allylic oxidation sites excluding steroid dienone is 1. The van der Waals surface area contributed by atoms with Crippen LogP contribution in [-0.4, -0.2) is 52.9 Å². The fourth-order valence-electron chi connectivity index (χ4n) is 8.03. The lowest BCUT2D eigenvalue weighted by Crippen LogP contribution is -2.25. The molecule has 1 saturated carbocycles. The van der Waals surface area contributed by atoms with Gasteiger partial charge in [-0.1, -0.05) is 50.1 Å². The highest BCUT2D eigenvalue weighted by Crippen LogP contribution is 2.39. The van der Waals surface area contributed by atoms with E-state index in [4.69, 9.17) is 9.84 Å². The molecule has 1 aliphatic heterocycles. The molecule has 0 spiro atoms. The first-order chi connectivity index (χ1) is 23.6. The summed E-state index contributed by atoms with van der Waals surface area (Å²) in [6, 6.07) is 22.7. The highest BCUT2D eigenvalue weighted by atomic mass is 19.1. The lowest BCUT2D eigenvalue weighted by atomic mass is 9.86. The van der Waals surface area contributed by atoms with Gasteiger partial charge in [0.05, 0.1) is 11.2 Å². The number of aromatic nitrogens is 3. The molecule has 1 unspecified atom stereocenters. The second-order valence-electron chi connectivity index (χ2n) is 14.2. The van der Waals surface area contributed by atoms with Crippen LogP contribution in [0.3, 0.4) is 0 Å². The van der Waals surface area contributed by atoms with Crippen molar-refractivity contribution in [1.29, 1.82) is 0 Å². The van der Waals surface area contributed by atoms with Crippen molar-refractivity contribution in [3.63, 3.8) is 0 Å². The molecule has 5 aromatic rings. The first-order valence-corrected chi connectivity index (χ1v) is 17.9. The number of nitrogens with zero attached hydrogens (tertiary/aromatic N) is 2. The van der Waals surface area contributed by atoms with Crippen LogP contribution in [0.15, 0.2) is 72.8 Å². The molecule has 2 aliphatic carbocycles. The molecule has 1 saturated heterocycles. The quantitative estimate of drug-likeness (QED) is 0.135. The van der Waals surface area contributed by atoms with Crippen molar-refractivity contribution in [2.24, 2.45) is 11.8 Å². The van der Waals surface area contributed by atoms with Gasteiger partial charge in [-0.15, -0.1) is 0 Å². The fourth-order valence-corrected chi connectivity index (χ4v) is 8.03. The third-order valence-electron chi connectivity index (χ3n) is 10.5. The molecule has 8 rings (SSSR count). The highest BCUT2D eigenvalue weighted by molar-refractivity contribution is 5.96. The molecule has 48 heavy (non-hydrogen) atoms. The predicted octanol–water partition coefficient (Wildman–Crippen LogP) is 8.74. The molecule has 6 nitrogen and oxygen atoms in total. The molecule has 0 amide bonds. The monoisotopic (exact) mass is 643 g/mol. The summed E-state index contributed by atoms with van der Waals surface area (Å²) in [6.45, 7) is 7.90. The maximum absolute atomic E-state index is 15.0. The van der Waals surface area contributed by atoms with Gasteiger partial charge in [0, 0.05) is 35.8 Å². The van der Waals surface area contributed by atoms with Crippen LogP contribution in [0.1, 0.15) is 67.8 Å². The fraction of sp³-hybridized carbons (Fsp3) is 0.390. The van der Waals surface area contributed by atoms with Gasteiger partial charge in [0.1, 0.15) is 23.9 Å². The van der Waals surface area contributed by atoms with E-state index in [2.05, 4.69) is 81.8 Å². The van der Waals surface area contributed by atoms with E-state index in [1.165, 1.54) is 61.3 Å². The Morgan fingerprint density at radius 1 is 0.938 bits per heavy atom.